The van der Waals surface area contributed by atoms with E-state index < -0.39 is 0 Å². The third kappa shape index (κ3) is 4.45. The minimum absolute atomic E-state index is 0.0318. The molecule has 1 N–H and O–H groups in total. The molecule has 0 aliphatic carbocycles. The van der Waals surface area contributed by atoms with Crippen LogP contribution in [0.25, 0.3) is 0 Å². The van der Waals surface area contributed by atoms with Gasteiger partial charge in [-0.05, 0) is 45.3 Å². The Balaban J connectivity index is 1.87. The third-order valence-corrected chi connectivity index (χ3v) is 3.93. The molecular weight excluding hydrogens is 302 g/mol. The van der Waals surface area contributed by atoms with E-state index in [9.17, 15) is 9.59 Å². The molecule has 0 aromatic heterocycles. The van der Waals surface area contributed by atoms with E-state index in [2.05, 4.69) is 10.2 Å². The van der Waals surface area contributed by atoms with Crippen molar-refractivity contribution >= 4 is 29.1 Å². The molecular formula is C16H22ClN3O2. The van der Waals surface area contributed by atoms with Crippen LogP contribution >= 0.6 is 11.6 Å². The zero-order valence-electron chi connectivity index (χ0n) is 13.0. The van der Waals surface area contributed by atoms with Crippen LogP contribution in [0, 0.1) is 5.92 Å². The lowest BCUT2D eigenvalue weighted by atomic mass is 10.1. The smallest absolute Gasteiger partial charge is 0.227 e. The molecule has 0 radical (unpaired) electrons. The summed E-state index contributed by atoms with van der Waals surface area (Å²) in [4.78, 5) is 28.0. The Kier molecular flexibility index (Phi) is 5.80. The number of benzene rings is 1. The molecule has 1 aromatic rings. The molecule has 1 aliphatic rings. The standard InChI is InChI=1S/C16H22ClN3O2/c1-19(2)8-4-7-18-16(22)12-9-15(21)20(11-12)14-6-3-5-13(17)10-14/h3,5-6,10,12H,4,7-9,11H2,1-2H3,(H,18,22). The molecule has 1 heterocycles. The van der Waals surface area contributed by atoms with Gasteiger partial charge in [-0.15, -0.1) is 0 Å². The summed E-state index contributed by atoms with van der Waals surface area (Å²) in [6.45, 7) is 1.98. The van der Waals surface area contributed by atoms with Crippen LogP contribution in [0.5, 0.6) is 0 Å². The number of nitrogens with zero attached hydrogens (tertiary/aromatic N) is 2. The molecule has 2 rings (SSSR count). The maximum absolute atomic E-state index is 12.1. The van der Waals surface area contributed by atoms with Crippen LogP contribution in [-0.2, 0) is 9.59 Å². The first-order chi connectivity index (χ1) is 10.5. The lowest BCUT2D eigenvalue weighted by molar-refractivity contribution is -0.126. The number of amides is 2. The normalized spacial score (nSPS) is 18.1. The zero-order chi connectivity index (χ0) is 16.1. The number of carbonyl (C=O) groups is 2. The van der Waals surface area contributed by atoms with Crippen molar-refractivity contribution < 1.29 is 9.59 Å². The van der Waals surface area contributed by atoms with E-state index in [0.29, 0.717) is 18.1 Å². The van der Waals surface area contributed by atoms with E-state index in [4.69, 9.17) is 11.6 Å². The Labute approximate surface area is 136 Å². The molecule has 1 aromatic carbocycles. The summed E-state index contributed by atoms with van der Waals surface area (Å²) in [5.41, 5.74) is 0.750. The third-order valence-electron chi connectivity index (χ3n) is 3.70. The maximum atomic E-state index is 12.1. The van der Waals surface area contributed by atoms with Crippen molar-refractivity contribution in [2.24, 2.45) is 5.92 Å². The topological polar surface area (TPSA) is 52.7 Å². The van der Waals surface area contributed by atoms with Gasteiger partial charge in [-0.1, -0.05) is 17.7 Å². The number of rotatable bonds is 6. The lowest BCUT2D eigenvalue weighted by Crippen LogP contribution is -2.34. The van der Waals surface area contributed by atoms with E-state index in [0.717, 1.165) is 18.7 Å². The molecule has 1 atom stereocenters. The van der Waals surface area contributed by atoms with Crippen molar-refractivity contribution in [1.82, 2.24) is 10.2 Å². The number of hydrogen-bond donors (Lipinski definition) is 1. The molecule has 22 heavy (non-hydrogen) atoms. The van der Waals surface area contributed by atoms with Gasteiger partial charge in [0, 0.05) is 30.2 Å². The van der Waals surface area contributed by atoms with Crippen molar-refractivity contribution in [3.8, 4) is 0 Å². The first-order valence-corrected chi connectivity index (χ1v) is 7.83. The van der Waals surface area contributed by atoms with E-state index in [-0.39, 0.29) is 24.2 Å². The van der Waals surface area contributed by atoms with Crippen LogP contribution in [0.2, 0.25) is 5.02 Å². The summed E-state index contributed by atoms with van der Waals surface area (Å²) < 4.78 is 0. The van der Waals surface area contributed by atoms with Gasteiger partial charge in [0.05, 0.1) is 5.92 Å². The maximum Gasteiger partial charge on any atom is 0.227 e. The van der Waals surface area contributed by atoms with Crippen LogP contribution in [0.1, 0.15) is 12.8 Å². The minimum atomic E-state index is -0.286. The number of halogens is 1. The fraction of sp³-hybridized carbons (Fsp3) is 0.500. The molecule has 1 unspecified atom stereocenters. The molecule has 0 spiro atoms. The fourth-order valence-electron chi connectivity index (χ4n) is 2.53. The van der Waals surface area contributed by atoms with Crippen LogP contribution < -0.4 is 10.2 Å². The Hall–Kier alpha value is -1.59. The fourth-order valence-corrected chi connectivity index (χ4v) is 2.71. The Morgan fingerprint density at radius 2 is 2.23 bits per heavy atom. The highest BCUT2D eigenvalue weighted by Gasteiger charge is 2.34. The van der Waals surface area contributed by atoms with Gasteiger partial charge in [-0.25, -0.2) is 0 Å². The molecule has 6 heteroatoms. The summed E-state index contributed by atoms with van der Waals surface area (Å²) in [5.74, 6) is -0.363. The SMILES string of the molecule is CN(C)CCCNC(=O)C1CC(=O)N(c2cccc(Cl)c2)C1. The highest BCUT2D eigenvalue weighted by atomic mass is 35.5. The Morgan fingerprint density at radius 1 is 1.45 bits per heavy atom. The predicted octanol–water partition coefficient (Wildman–Crippen LogP) is 1.76. The zero-order valence-corrected chi connectivity index (χ0v) is 13.8. The van der Waals surface area contributed by atoms with Crippen molar-refractivity contribution in [3.05, 3.63) is 29.3 Å². The largest absolute Gasteiger partial charge is 0.356 e. The first kappa shape index (κ1) is 16.8. The minimum Gasteiger partial charge on any atom is -0.356 e. The van der Waals surface area contributed by atoms with Crippen LogP contribution in [0.3, 0.4) is 0 Å². The van der Waals surface area contributed by atoms with Crippen molar-refractivity contribution in [2.45, 2.75) is 12.8 Å². The van der Waals surface area contributed by atoms with Crippen molar-refractivity contribution in [1.29, 1.82) is 0 Å². The highest BCUT2D eigenvalue weighted by Crippen LogP contribution is 2.27. The quantitative estimate of drug-likeness (QED) is 0.812. The number of carbonyl (C=O) groups excluding carboxylic acids is 2. The summed E-state index contributed by atoms with van der Waals surface area (Å²) in [5, 5.41) is 3.50. The van der Waals surface area contributed by atoms with E-state index in [1.807, 2.05) is 20.2 Å². The molecule has 1 aliphatic heterocycles. The van der Waals surface area contributed by atoms with Gasteiger partial charge in [0.2, 0.25) is 11.8 Å². The summed E-state index contributed by atoms with van der Waals surface area (Å²) in [7, 11) is 4.00. The van der Waals surface area contributed by atoms with Gasteiger partial charge in [-0.2, -0.15) is 0 Å². The molecule has 2 amide bonds. The second kappa shape index (κ2) is 7.61. The lowest BCUT2D eigenvalue weighted by Gasteiger charge is -2.17. The average molecular weight is 324 g/mol. The van der Waals surface area contributed by atoms with Crippen LogP contribution in [-0.4, -0.2) is 50.4 Å². The molecule has 0 saturated carbocycles. The van der Waals surface area contributed by atoms with Gasteiger partial charge in [0.15, 0.2) is 0 Å². The van der Waals surface area contributed by atoms with Crippen molar-refractivity contribution in [2.75, 3.05) is 38.6 Å². The summed E-state index contributed by atoms with van der Waals surface area (Å²) >= 11 is 5.96. The Bertz CT molecular complexity index is 548. The van der Waals surface area contributed by atoms with E-state index >= 15 is 0 Å². The molecule has 1 saturated heterocycles. The highest BCUT2D eigenvalue weighted by molar-refractivity contribution is 6.30. The second-order valence-electron chi connectivity index (χ2n) is 5.83. The van der Waals surface area contributed by atoms with E-state index in [1.54, 1.807) is 23.1 Å². The van der Waals surface area contributed by atoms with Gasteiger partial charge in [0.25, 0.3) is 0 Å². The number of hydrogen-bond acceptors (Lipinski definition) is 3. The molecule has 120 valence electrons. The molecule has 1 fully saturated rings. The van der Waals surface area contributed by atoms with Crippen LogP contribution in [0.4, 0.5) is 5.69 Å². The second-order valence-corrected chi connectivity index (χ2v) is 6.27. The summed E-state index contributed by atoms with van der Waals surface area (Å²) in [6, 6.07) is 7.15. The Morgan fingerprint density at radius 3 is 2.91 bits per heavy atom. The van der Waals surface area contributed by atoms with Gasteiger partial charge < -0.3 is 15.1 Å². The number of anilines is 1. The van der Waals surface area contributed by atoms with Crippen molar-refractivity contribution in [3.63, 3.8) is 0 Å². The molecule has 5 nitrogen and oxygen atoms in total. The first-order valence-electron chi connectivity index (χ1n) is 7.45. The summed E-state index contributed by atoms with van der Waals surface area (Å²) in [6.07, 6.45) is 1.16. The van der Waals surface area contributed by atoms with Gasteiger partial charge in [0.1, 0.15) is 0 Å². The average Bonchev–Trinajstić information content (AvgIpc) is 2.85. The monoisotopic (exact) mass is 323 g/mol. The van der Waals surface area contributed by atoms with Crippen LogP contribution in [0.15, 0.2) is 24.3 Å². The number of nitrogens with one attached hydrogen (secondary N) is 1. The van der Waals surface area contributed by atoms with Gasteiger partial charge >= 0.3 is 0 Å². The van der Waals surface area contributed by atoms with E-state index in [1.165, 1.54) is 0 Å². The molecule has 0 bridgehead atoms. The predicted molar refractivity (Wildman–Crippen MR) is 88.1 cm³/mol. The van der Waals surface area contributed by atoms with Gasteiger partial charge in [-0.3, -0.25) is 9.59 Å².